The summed E-state index contributed by atoms with van der Waals surface area (Å²) in [5, 5.41) is 2.98. The summed E-state index contributed by atoms with van der Waals surface area (Å²) in [6, 6.07) is 0. The maximum atomic E-state index is 13.0. The Balaban J connectivity index is 3.44. The molecule has 0 aromatic rings. The van der Waals surface area contributed by atoms with Gasteiger partial charge in [-0.05, 0) is 27.7 Å². The third kappa shape index (κ3) is 4.93. The van der Waals surface area contributed by atoms with Gasteiger partial charge in [-0.1, -0.05) is 0 Å². The minimum atomic E-state index is -3.53. The first kappa shape index (κ1) is 21.4. The molecule has 0 unspecified atom stereocenters. The first-order valence-electron chi connectivity index (χ1n) is 7.97. The number of esters is 2. The van der Waals surface area contributed by atoms with Crippen LogP contribution >= 0.6 is 7.60 Å². The fourth-order valence-corrected chi connectivity index (χ4v) is 4.72. The monoisotopic (exact) mass is 375 g/mol. The molecule has 0 spiro atoms. The van der Waals surface area contributed by atoms with E-state index in [4.69, 9.17) is 18.5 Å². The van der Waals surface area contributed by atoms with E-state index < -0.39 is 25.5 Å². The molecule has 0 aromatic carbocycles. The summed E-state index contributed by atoms with van der Waals surface area (Å²) in [4.78, 5) is 24.6. The van der Waals surface area contributed by atoms with Gasteiger partial charge in [-0.25, -0.2) is 9.59 Å². The third-order valence-electron chi connectivity index (χ3n) is 3.75. The number of carbonyl (C=O) groups excluding carboxylic acids is 2. The van der Waals surface area contributed by atoms with Crippen LogP contribution in [0.5, 0.6) is 0 Å². The highest BCUT2D eigenvalue weighted by Gasteiger charge is 2.41. The van der Waals surface area contributed by atoms with Gasteiger partial charge in [0.1, 0.15) is 0 Å². The lowest BCUT2D eigenvalue weighted by molar-refractivity contribution is -0.137. The second kappa shape index (κ2) is 9.17. The van der Waals surface area contributed by atoms with E-state index in [0.717, 1.165) is 0 Å². The Kier molecular flexibility index (Phi) is 7.86. The normalized spacial score (nSPS) is 15.9. The standard InChI is InChI=1S/C16H26NO7P/c1-7-23-25(20,24-8-2)9-12-13(15(18)21-5)10(3)17-11(4)14(12)16(19)22-6/h12,17H,7-9H2,1-6H3. The van der Waals surface area contributed by atoms with Crippen LogP contribution in [0.2, 0.25) is 0 Å². The van der Waals surface area contributed by atoms with Gasteiger partial charge in [-0.15, -0.1) is 0 Å². The predicted molar refractivity (Wildman–Crippen MR) is 91.8 cm³/mol. The van der Waals surface area contributed by atoms with Crippen LogP contribution in [-0.2, 0) is 32.7 Å². The Morgan fingerprint density at radius 1 is 0.960 bits per heavy atom. The molecular weight excluding hydrogens is 349 g/mol. The summed E-state index contributed by atoms with van der Waals surface area (Å²) < 4.78 is 33.3. The van der Waals surface area contributed by atoms with Gasteiger partial charge in [-0.2, -0.15) is 0 Å². The molecule has 0 atom stereocenters. The number of hydrogen-bond acceptors (Lipinski definition) is 8. The maximum Gasteiger partial charge on any atom is 0.336 e. The molecule has 0 bridgehead atoms. The third-order valence-corrected chi connectivity index (χ3v) is 5.86. The van der Waals surface area contributed by atoms with E-state index in [9.17, 15) is 14.2 Å². The van der Waals surface area contributed by atoms with Crippen molar-refractivity contribution in [3.63, 3.8) is 0 Å². The summed E-state index contributed by atoms with van der Waals surface area (Å²) in [5.74, 6) is -2.07. The average Bonchev–Trinajstić information content (AvgIpc) is 2.54. The van der Waals surface area contributed by atoms with E-state index >= 15 is 0 Å². The Labute approximate surface area is 148 Å². The predicted octanol–water partition coefficient (Wildman–Crippen LogP) is 2.37. The van der Waals surface area contributed by atoms with Crippen molar-refractivity contribution in [2.75, 3.05) is 33.6 Å². The Hall–Kier alpha value is -1.63. The van der Waals surface area contributed by atoms with E-state index in [-0.39, 0.29) is 30.5 Å². The number of nitrogens with one attached hydrogen (secondary N) is 1. The van der Waals surface area contributed by atoms with Crippen LogP contribution in [0.1, 0.15) is 27.7 Å². The van der Waals surface area contributed by atoms with E-state index in [1.54, 1.807) is 27.7 Å². The molecule has 9 heteroatoms. The summed E-state index contributed by atoms with van der Waals surface area (Å²) >= 11 is 0. The van der Waals surface area contributed by atoms with Crippen molar-refractivity contribution in [3.05, 3.63) is 22.5 Å². The zero-order valence-corrected chi connectivity index (χ0v) is 16.4. The number of ether oxygens (including phenoxy) is 2. The number of dihydropyridines is 1. The molecule has 1 rings (SSSR count). The van der Waals surface area contributed by atoms with Crippen molar-refractivity contribution in [2.45, 2.75) is 27.7 Å². The van der Waals surface area contributed by atoms with Crippen LogP contribution in [0.3, 0.4) is 0 Å². The fraction of sp³-hybridized carbons (Fsp3) is 0.625. The average molecular weight is 375 g/mol. The molecule has 25 heavy (non-hydrogen) atoms. The van der Waals surface area contributed by atoms with Gasteiger partial charge in [0.25, 0.3) is 0 Å². The molecule has 0 aliphatic carbocycles. The van der Waals surface area contributed by atoms with Crippen LogP contribution in [0.15, 0.2) is 22.5 Å². The summed E-state index contributed by atoms with van der Waals surface area (Å²) in [7, 11) is -1.04. The van der Waals surface area contributed by atoms with Crippen molar-refractivity contribution < 1.29 is 32.7 Å². The number of carbonyl (C=O) groups is 2. The van der Waals surface area contributed by atoms with Gasteiger partial charge in [-0.3, -0.25) is 4.57 Å². The Morgan fingerprint density at radius 3 is 1.68 bits per heavy atom. The van der Waals surface area contributed by atoms with E-state index in [1.165, 1.54) is 14.2 Å². The zero-order valence-electron chi connectivity index (χ0n) is 15.5. The van der Waals surface area contributed by atoms with Crippen molar-refractivity contribution in [3.8, 4) is 0 Å². The highest BCUT2D eigenvalue weighted by atomic mass is 31.2. The zero-order chi connectivity index (χ0) is 19.2. The van der Waals surface area contributed by atoms with Crippen LogP contribution in [0, 0.1) is 5.92 Å². The smallest absolute Gasteiger partial charge is 0.336 e. The van der Waals surface area contributed by atoms with Gasteiger partial charge in [0, 0.05) is 17.3 Å². The van der Waals surface area contributed by atoms with Crippen molar-refractivity contribution >= 4 is 19.5 Å². The maximum absolute atomic E-state index is 13.0. The van der Waals surface area contributed by atoms with E-state index in [0.29, 0.717) is 11.4 Å². The molecule has 1 heterocycles. The van der Waals surface area contributed by atoms with Crippen LogP contribution in [0.4, 0.5) is 0 Å². The van der Waals surface area contributed by atoms with E-state index in [1.807, 2.05) is 0 Å². The Morgan fingerprint density at radius 2 is 1.36 bits per heavy atom. The number of rotatable bonds is 8. The summed E-state index contributed by atoms with van der Waals surface area (Å²) in [6.45, 7) is 7.10. The molecule has 1 aliphatic heterocycles. The van der Waals surface area contributed by atoms with Crippen molar-refractivity contribution in [1.29, 1.82) is 0 Å². The summed E-state index contributed by atoms with van der Waals surface area (Å²) in [5.41, 5.74) is 1.43. The highest BCUT2D eigenvalue weighted by Crippen LogP contribution is 2.52. The van der Waals surface area contributed by atoms with Gasteiger partial charge < -0.3 is 23.8 Å². The lowest BCUT2D eigenvalue weighted by Crippen LogP contribution is -2.35. The van der Waals surface area contributed by atoms with Crippen LogP contribution < -0.4 is 5.32 Å². The second-order valence-electron chi connectivity index (χ2n) is 5.37. The van der Waals surface area contributed by atoms with Crippen LogP contribution in [0.25, 0.3) is 0 Å². The number of allylic oxidation sites excluding steroid dienone is 2. The number of hydrogen-bond donors (Lipinski definition) is 1. The minimum Gasteiger partial charge on any atom is -0.466 e. The van der Waals surface area contributed by atoms with E-state index in [2.05, 4.69) is 5.32 Å². The Bertz CT molecular complexity index is 590. The van der Waals surface area contributed by atoms with Crippen molar-refractivity contribution in [1.82, 2.24) is 5.32 Å². The lowest BCUT2D eigenvalue weighted by Gasteiger charge is -2.31. The SMILES string of the molecule is CCOP(=O)(CC1C(C(=O)OC)=C(C)NC(C)=C1C(=O)OC)OCC. The molecule has 0 saturated carbocycles. The summed E-state index contributed by atoms with van der Waals surface area (Å²) in [6.07, 6.45) is -0.167. The molecule has 0 fully saturated rings. The molecule has 1 aliphatic rings. The molecule has 8 nitrogen and oxygen atoms in total. The highest BCUT2D eigenvalue weighted by molar-refractivity contribution is 7.53. The second-order valence-corrected chi connectivity index (χ2v) is 7.47. The van der Waals surface area contributed by atoms with Gasteiger partial charge in [0.05, 0.1) is 44.7 Å². The molecule has 0 saturated heterocycles. The fourth-order valence-electron chi connectivity index (χ4n) is 2.84. The van der Waals surface area contributed by atoms with Crippen molar-refractivity contribution in [2.24, 2.45) is 5.92 Å². The number of methoxy groups -OCH3 is 2. The molecule has 0 aromatic heterocycles. The molecular formula is C16H26NO7P. The quantitative estimate of drug-likeness (QED) is 0.510. The topological polar surface area (TPSA) is 100 Å². The first-order chi connectivity index (χ1) is 11.7. The minimum absolute atomic E-state index is 0.167. The molecule has 0 radical (unpaired) electrons. The van der Waals surface area contributed by atoms with Crippen LogP contribution in [-0.4, -0.2) is 45.5 Å². The molecule has 0 amide bonds. The van der Waals surface area contributed by atoms with Gasteiger partial charge in [0.15, 0.2) is 0 Å². The largest absolute Gasteiger partial charge is 0.466 e. The molecule has 142 valence electrons. The molecule has 1 N–H and O–H groups in total. The lowest BCUT2D eigenvalue weighted by atomic mass is 9.87. The van der Waals surface area contributed by atoms with Gasteiger partial charge >= 0.3 is 19.5 Å². The van der Waals surface area contributed by atoms with Gasteiger partial charge in [0.2, 0.25) is 0 Å². The first-order valence-corrected chi connectivity index (χ1v) is 9.70.